The average Bonchev–Trinajstić information content (AvgIpc) is 2.99. The van der Waals surface area contributed by atoms with Crippen molar-refractivity contribution in [2.75, 3.05) is 13.1 Å². The fourth-order valence-electron chi connectivity index (χ4n) is 2.66. The smallest absolute Gasteiger partial charge is 0.240 e. The Morgan fingerprint density at radius 1 is 1.20 bits per heavy atom. The Kier molecular flexibility index (Phi) is 3.48. The molecule has 0 spiro atoms. The summed E-state index contributed by atoms with van der Waals surface area (Å²) in [6.07, 6.45) is 6.59. The summed E-state index contributed by atoms with van der Waals surface area (Å²) in [6.45, 7) is 6.11. The van der Waals surface area contributed by atoms with Crippen LogP contribution in [-0.2, 0) is 5.41 Å². The third-order valence-electron chi connectivity index (χ3n) is 4.10. The van der Waals surface area contributed by atoms with E-state index in [4.69, 9.17) is 4.52 Å². The average molecular weight is 273 g/mol. The molecule has 1 aliphatic rings. The summed E-state index contributed by atoms with van der Waals surface area (Å²) in [6, 6.07) is 0. The van der Waals surface area contributed by atoms with E-state index in [0.717, 1.165) is 43.8 Å². The van der Waals surface area contributed by atoms with Crippen LogP contribution in [0.5, 0.6) is 0 Å². The van der Waals surface area contributed by atoms with Gasteiger partial charge in [-0.15, -0.1) is 0 Å². The van der Waals surface area contributed by atoms with Gasteiger partial charge in [0.1, 0.15) is 0 Å². The lowest BCUT2D eigenvalue weighted by Crippen LogP contribution is -2.39. The van der Waals surface area contributed by atoms with Crippen LogP contribution in [0.2, 0.25) is 0 Å². The Hall–Kier alpha value is -1.82. The maximum atomic E-state index is 5.51. The highest BCUT2D eigenvalue weighted by Gasteiger charge is 2.37. The Morgan fingerprint density at radius 3 is 2.55 bits per heavy atom. The molecule has 106 valence electrons. The van der Waals surface area contributed by atoms with Crippen molar-refractivity contribution in [3.8, 4) is 11.6 Å². The van der Waals surface area contributed by atoms with Crippen molar-refractivity contribution >= 4 is 0 Å². The molecule has 1 aliphatic heterocycles. The summed E-state index contributed by atoms with van der Waals surface area (Å²) in [5.41, 5.74) is 1.02. The first-order chi connectivity index (χ1) is 9.73. The highest BCUT2D eigenvalue weighted by atomic mass is 16.5. The van der Waals surface area contributed by atoms with Crippen LogP contribution in [0.3, 0.4) is 0 Å². The van der Waals surface area contributed by atoms with E-state index in [0.29, 0.717) is 11.6 Å². The van der Waals surface area contributed by atoms with Crippen LogP contribution >= 0.6 is 0 Å². The second kappa shape index (κ2) is 5.28. The molecule has 2 aromatic rings. The lowest BCUT2D eigenvalue weighted by molar-refractivity contribution is 0.216. The standard InChI is InChI=1S/C14H19N5O/c1-3-14(4-6-15-7-5-14)13-18-12(19-20-13)11-16-8-10(2)9-17-11/h8-9,15H,3-7H2,1-2H3. The molecule has 3 heterocycles. The molecule has 0 amide bonds. The van der Waals surface area contributed by atoms with Crippen LogP contribution in [0.4, 0.5) is 0 Å². The number of aromatic nitrogens is 4. The number of aryl methyl sites for hydroxylation is 1. The Morgan fingerprint density at radius 2 is 1.90 bits per heavy atom. The quantitative estimate of drug-likeness (QED) is 0.920. The summed E-state index contributed by atoms with van der Waals surface area (Å²) in [5.74, 6) is 1.72. The Labute approximate surface area is 118 Å². The minimum atomic E-state index is 0.00119. The Bertz CT molecular complexity index is 572. The molecule has 1 saturated heterocycles. The Balaban J connectivity index is 1.91. The lowest BCUT2D eigenvalue weighted by Gasteiger charge is -2.33. The van der Waals surface area contributed by atoms with E-state index in [9.17, 15) is 0 Å². The number of rotatable bonds is 3. The molecule has 0 radical (unpaired) electrons. The van der Waals surface area contributed by atoms with Crippen LogP contribution in [0.1, 0.15) is 37.6 Å². The predicted molar refractivity (Wildman–Crippen MR) is 74.1 cm³/mol. The fourth-order valence-corrected chi connectivity index (χ4v) is 2.66. The molecule has 6 heteroatoms. The van der Waals surface area contributed by atoms with Gasteiger partial charge in [-0.1, -0.05) is 12.1 Å². The highest BCUT2D eigenvalue weighted by Crippen LogP contribution is 2.36. The minimum absolute atomic E-state index is 0.00119. The molecule has 20 heavy (non-hydrogen) atoms. The van der Waals surface area contributed by atoms with Gasteiger partial charge in [0.05, 0.1) is 5.41 Å². The van der Waals surface area contributed by atoms with Crippen molar-refractivity contribution in [2.45, 2.75) is 38.5 Å². The van der Waals surface area contributed by atoms with Crippen molar-refractivity contribution in [3.63, 3.8) is 0 Å². The van der Waals surface area contributed by atoms with Crippen LogP contribution in [0, 0.1) is 6.92 Å². The first-order valence-corrected chi connectivity index (χ1v) is 7.07. The van der Waals surface area contributed by atoms with Crippen molar-refractivity contribution in [2.24, 2.45) is 0 Å². The number of nitrogens with one attached hydrogen (secondary N) is 1. The maximum Gasteiger partial charge on any atom is 0.240 e. The molecule has 0 atom stereocenters. The minimum Gasteiger partial charge on any atom is -0.338 e. The third kappa shape index (κ3) is 2.31. The van der Waals surface area contributed by atoms with E-state index in [1.807, 2.05) is 6.92 Å². The lowest BCUT2D eigenvalue weighted by atomic mass is 9.76. The number of hydrogen-bond donors (Lipinski definition) is 1. The molecule has 0 aromatic carbocycles. The zero-order chi connectivity index (χ0) is 14.0. The highest BCUT2D eigenvalue weighted by molar-refractivity contribution is 5.41. The van der Waals surface area contributed by atoms with E-state index in [1.165, 1.54) is 0 Å². The van der Waals surface area contributed by atoms with E-state index in [1.54, 1.807) is 12.4 Å². The summed E-state index contributed by atoms with van der Waals surface area (Å²) in [5, 5.41) is 7.43. The van der Waals surface area contributed by atoms with Crippen molar-refractivity contribution < 1.29 is 4.52 Å². The fraction of sp³-hybridized carbons (Fsp3) is 0.571. The molecular weight excluding hydrogens is 254 g/mol. The number of nitrogens with zero attached hydrogens (tertiary/aromatic N) is 4. The van der Waals surface area contributed by atoms with Crippen molar-refractivity contribution in [1.29, 1.82) is 0 Å². The van der Waals surface area contributed by atoms with E-state index < -0.39 is 0 Å². The molecule has 0 saturated carbocycles. The number of hydrogen-bond acceptors (Lipinski definition) is 6. The van der Waals surface area contributed by atoms with E-state index >= 15 is 0 Å². The van der Waals surface area contributed by atoms with E-state index in [2.05, 4.69) is 32.3 Å². The third-order valence-corrected chi connectivity index (χ3v) is 4.10. The number of piperidine rings is 1. The van der Waals surface area contributed by atoms with Gasteiger partial charge in [-0.25, -0.2) is 9.97 Å². The van der Waals surface area contributed by atoms with Gasteiger partial charge < -0.3 is 9.84 Å². The molecule has 1 fully saturated rings. The summed E-state index contributed by atoms with van der Waals surface area (Å²) < 4.78 is 5.51. The molecule has 3 rings (SSSR count). The van der Waals surface area contributed by atoms with Crippen molar-refractivity contribution in [3.05, 3.63) is 23.8 Å². The van der Waals surface area contributed by atoms with Crippen LogP contribution < -0.4 is 5.32 Å². The van der Waals surface area contributed by atoms with Gasteiger partial charge in [-0.05, 0) is 44.8 Å². The molecule has 0 unspecified atom stereocenters. The van der Waals surface area contributed by atoms with Gasteiger partial charge in [0.25, 0.3) is 0 Å². The monoisotopic (exact) mass is 273 g/mol. The van der Waals surface area contributed by atoms with Crippen LogP contribution in [0.25, 0.3) is 11.6 Å². The summed E-state index contributed by atoms with van der Waals surface area (Å²) >= 11 is 0. The van der Waals surface area contributed by atoms with Gasteiger partial charge >= 0.3 is 0 Å². The molecule has 0 bridgehead atoms. The van der Waals surface area contributed by atoms with Gasteiger partial charge in [0, 0.05) is 12.4 Å². The molecule has 1 N–H and O–H groups in total. The zero-order valence-corrected chi connectivity index (χ0v) is 11.9. The second-order valence-electron chi connectivity index (χ2n) is 5.39. The summed E-state index contributed by atoms with van der Waals surface area (Å²) in [4.78, 5) is 13.0. The van der Waals surface area contributed by atoms with Crippen LogP contribution in [0.15, 0.2) is 16.9 Å². The molecular formula is C14H19N5O. The molecule has 6 nitrogen and oxygen atoms in total. The topological polar surface area (TPSA) is 76.7 Å². The van der Waals surface area contributed by atoms with E-state index in [-0.39, 0.29) is 5.41 Å². The largest absolute Gasteiger partial charge is 0.338 e. The normalized spacial score (nSPS) is 18.1. The van der Waals surface area contributed by atoms with Gasteiger partial charge in [0.2, 0.25) is 17.5 Å². The second-order valence-corrected chi connectivity index (χ2v) is 5.39. The van der Waals surface area contributed by atoms with Gasteiger partial charge in [-0.3, -0.25) is 0 Å². The van der Waals surface area contributed by atoms with Gasteiger partial charge in [-0.2, -0.15) is 4.98 Å². The summed E-state index contributed by atoms with van der Waals surface area (Å²) in [7, 11) is 0. The van der Waals surface area contributed by atoms with Gasteiger partial charge in [0.15, 0.2) is 0 Å². The maximum absolute atomic E-state index is 5.51. The first kappa shape index (κ1) is 13.2. The molecule has 0 aliphatic carbocycles. The van der Waals surface area contributed by atoms with Crippen LogP contribution in [-0.4, -0.2) is 33.2 Å². The SMILES string of the molecule is CCC1(c2nc(-c3ncc(C)cn3)no2)CCNCC1. The molecule has 2 aromatic heterocycles. The van der Waals surface area contributed by atoms with Crippen molar-refractivity contribution in [1.82, 2.24) is 25.4 Å². The first-order valence-electron chi connectivity index (χ1n) is 7.07. The predicted octanol–water partition coefficient (Wildman–Crippen LogP) is 1.87. The zero-order valence-electron chi connectivity index (χ0n) is 11.9.